The first-order valence-electron chi connectivity index (χ1n) is 6.64. The van der Waals surface area contributed by atoms with Crippen molar-refractivity contribution in [2.45, 2.75) is 32.5 Å². The second kappa shape index (κ2) is 4.43. The summed E-state index contributed by atoms with van der Waals surface area (Å²) in [4.78, 5) is 14.4. The van der Waals surface area contributed by atoms with Crippen LogP contribution in [0.3, 0.4) is 0 Å². The highest BCUT2D eigenvalue weighted by molar-refractivity contribution is 5.81. The van der Waals surface area contributed by atoms with Crippen LogP contribution >= 0.6 is 0 Å². The largest absolute Gasteiger partial charge is 0.378 e. The SMILES string of the molecule is CO[C@@H]1CN(C(=O)[C@H]2C[C@@H]2C)Cc2cccn2C1. The van der Waals surface area contributed by atoms with Crippen LogP contribution in [0.25, 0.3) is 0 Å². The maximum atomic E-state index is 12.4. The molecule has 1 amide bonds. The second-order valence-corrected chi connectivity index (χ2v) is 5.55. The summed E-state index contributed by atoms with van der Waals surface area (Å²) in [5.74, 6) is 1.12. The zero-order chi connectivity index (χ0) is 12.7. The molecule has 0 radical (unpaired) electrons. The number of hydrogen-bond donors (Lipinski definition) is 0. The van der Waals surface area contributed by atoms with E-state index in [4.69, 9.17) is 4.74 Å². The molecule has 0 unspecified atom stereocenters. The zero-order valence-electron chi connectivity index (χ0n) is 11.0. The van der Waals surface area contributed by atoms with Gasteiger partial charge in [-0.1, -0.05) is 6.92 Å². The number of methoxy groups -OCH3 is 1. The van der Waals surface area contributed by atoms with Crippen LogP contribution in [0.5, 0.6) is 0 Å². The van der Waals surface area contributed by atoms with E-state index < -0.39 is 0 Å². The van der Waals surface area contributed by atoms with E-state index in [0.29, 0.717) is 18.4 Å². The van der Waals surface area contributed by atoms with E-state index in [1.165, 1.54) is 5.69 Å². The predicted molar refractivity (Wildman–Crippen MR) is 67.9 cm³/mol. The van der Waals surface area contributed by atoms with Crippen molar-refractivity contribution >= 4 is 5.91 Å². The lowest BCUT2D eigenvalue weighted by Crippen LogP contribution is -2.38. The van der Waals surface area contributed by atoms with Crippen molar-refractivity contribution in [1.29, 1.82) is 0 Å². The third-order valence-electron chi connectivity index (χ3n) is 4.17. The molecule has 0 aromatic carbocycles. The summed E-state index contributed by atoms with van der Waals surface area (Å²) in [6, 6.07) is 4.13. The minimum absolute atomic E-state index is 0.0941. The van der Waals surface area contributed by atoms with Crippen LogP contribution in [0.1, 0.15) is 19.0 Å². The summed E-state index contributed by atoms with van der Waals surface area (Å²) in [6.07, 6.45) is 3.21. The zero-order valence-corrected chi connectivity index (χ0v) is 11.0. The molecule has 2 aliphatic rings. The highest BCUT2D eigenvalue weighted by Crippen LogP contribution is 2.39. The molecule has 18 heavy (non-hydrogen) atoms. The van der Waals surface area contributed by atoms with E-state index in [2.05, 4.69) is 23.8 Å². The Labute approximate surface area is 108 Å². The molecule has 98 valence electrons. The molecule has 1 saturated carbocycles. The molecule has 3 rings (SSSR count). The van der Waals surface area contributed by atoms with E-state index in [-0.39, 0.29) is 12.0 Å². The molecule has 0 N–H and O–H groups in total. The van der Waals surface area contributed by atoms with E-state index in [9.17, 15) is 4.79 Å². The molecule has 1 fully saturated rings. The molecule has 1 aromatic heterocycles. The van der Waals surface area contributed by atoms with E-state index in [0.717, 1.165) is 19.5 Å². The Hall–Kier alpha value is -1.29. The summed E-state index contributed by atoms with van der Waals surface area (Å²) in [7, 11) is 1.72. The molecule has 2 heterocycles. The number of aromatic nitrogens is 1. The maximum Gasteiger partial charge on any atom is 0.226 e. The first-order valence-corrected chi connectivity index (χ1v) is 6.64. The van der Waals surface area contributed by atoms with Crippen molar-refractivity contribution in [2.75, 3.05) is 13.7 Å². The topological polar surface area (TPSA) is 34.5 Å². The molecule has 0 saturated heterocycles. The molecule has 1 aliphatic heterocycles. The molecule has 0 spiro atoms. The Morgan fingerprint density at radius 3 is 2.89 bits per heavy atom. The number of carbonyl (C=O) groups excluding carboxylic acids is 1. The minimum atomic E-state index is 0.0941. The third-order valence-corrected chi connectivity index (χ3v) is 4.17. The fraction of sp³-hybridized carbons (Fsp3) is 0.643. The quantitative estimate of drug-likeness (QED) is 0.795. The van der Waals surface area contributed by atoms with Crippen LogP contribution in [0, 0.1) is 11.8 Å². The van der Waals surface area contributed by atoms with Crippen molar-refractivity contribution in [3.8, 4) is 0 Å². The van der Waals surface area contributed by atoms with Gasteiger partial charge in [0.2, 0.25) is 5.91 Å². The lowest BCUT2D eigenvalue weighted by atomic mass is 10.2. The number of rotatable bonds is 2. The van der Waals surface area contributed by atoms with Crippen LogP contribution in [-0.4, -0.2) is 35.1 Å². The van der Waals surface area contributed by atoms with Gasteiger partial charge in [0, 0.05) is 31.5 Å². The highest BCUT2D eigenvalue weighted by Gasteiger charge is 2.42. The van der Waals surface area contributed by atoms with Crippen LogP contribution in [0.2, 0.25) is 0 Å². The molecular weight excluding hydrogens is 228 g/mol. The standard InChI is InChI=1S/C14H20N2O2/c1-10-6-13(10)14(17)16-7-11-4-3-5-15(11)8-12(9-16)18-2/h3-5,10,12-13H,6-9H2,1-2H3/t10-,12-,13-/m0/s1. The fourth-order valence-corrected chi connectivity index (χ4v) is 2.77. The van der Waals surface area contributed by atoms with Crippen LogP contribution < -0.4 is 0 Å². The van der Waals surface area contributed by atoms with Crippen molar-refractivity contribution in [2.24, 2.45) is 11.8 Å². The Morgan fingerprint density at radius 2 is 2.22 bits per heavy atom. The second-order valence-electron chi connectivity index (χ2n) is 5.55. The molecule has 4 heteroatoms. The lowest BCUT2D eigenvalue weighted by molar-refractivity contribution is -0.135. The van der Waals surface area contributed by atoms with Crippen molar-refractivity contribution in [3.05, 3.63) is 24.0 Å². The maximum absolute atomic E-state index is 12.4. The summed E-state index contributed by atoms with van der Waals surface area (Å²) in [6.45, 7) is 4.41. The van der Waals surface area contributed by atoms with Gasteiger partial charge in [0.15, 0.2) is 0 Å². The summed E-state index contributed by atoms with van der Waals surface area (Å²) in [5.41, 5.74) is 1.20. The van der Waals surface area contributed by atoms with Gasteiger partial charge in [-0.15, -0.1) is 0 Å². The highest BCUT2D eigenvalue weighted by atomic mass is 16.5. The van der Waals surface area contributed by atoms with Gasteiger partial charge in [0.05, 0.1) is 19.2 Å². The molecular formula is C14H20N2O2. The number of ether oxygens (including phenoxy) is 1. The first-order chi connectivity index (χ1) is 8.69. The average molecular weight is 248 g/mol. The number of nitrogens with zero attached hydrogens (tertiary/aromatic N) is 2. The monoisotopic (exact) mass is 248 g/mol. The average Bonchev–Trinajstić information content (AvgIpc) is 3.00. The molecule has 3 atom stereocenters. The Morgan fingerprint density at radius 1 is 1.44 bits per heavy atom. The number of carbonyl (C=O) groups is 1. The minimum Gasteiger partial charge on any atom is -0.378 e. The van der Waals surface area contributed by atoms with E-state index in [1.54, 1.807) is 7.11 Å². The van der Waals surface area contributed by atoms with Gasteiger partial charge >= 0.3 is 0 Å². The van der Waals surface area contributed by atoms with E-state index >= 15 is 0 Å². The smallest absolute Gasteiger partial charge is 0.226 e. The normalized spacial score (nSPS) is 30.8. The molecule has 0 bridgehead atoms. The third kappa shape index (κ3) is 2.05. The van der Waals surface area contributed by atoms with Gasteiger partial charge in [0.25, 0.3) is 0 Å². The van der Waals surface area contributed by atoms with Gasteiger partial charge in [-0.2, -0.15) is 0 Å². The van der Waals surface area contributed by atoms with Crippen LogP contribution in [0.15, 0.2) is 18.3 Å². The lowest BCUT2D eigenvalue weighted by Gasteiger charge is -2.23. The van der Waals surface area contributed by atoms with Crippen molar-refractivity contribution in [1.82, 2.24) is 9.47 Å². The van der Waals surface area contributed by atoms with Crippen molar-refractivity contribution < 1.29 is 9.53 Å². The van der Waals surface area contributed by atoms with Gasteiger partial charge < -0.3 is 14.2 Å². The van der Waals surface area contributed by atoms with Crippen LogP contribution in [-0.2, 0) is 22.6 Å². The fourth-order valence-electron chi connectivity index (χ4n) is 2.77. The van der Waals surface area contributed by atoms with Crippen LogP contribution in [0.4, 0.5) is 0 Å². The number of hydrogen-bond acceptors (Lipinski definition) is 2. The number of fused-ring (bicyclic) bond motifs is 1. The summed E-state index contributed by atoms with van der Waals surface area (Å²) < 4.78 is 7.68. The van der Waals surface area contributed by atoms with Gasteiger partial charge in [-0.05, 0) is 24.5 Å². The van der Waals surface area contributed by atoms with E-state index in [1.807, 2.05) is 11.0 Å². The Bertz CT molecular complexity index is 454. The first kappa shape index (κ1) is 11.8. The van der Waals surface area contributed by atoms with Crippen molar-refractivity contribution in [3.63, 3.8) is 0 Å². The summed E-state index contributed by atoms with van der Waals surface area (Å²) in [5, 5.41) is 0. The van der Waals surface area contributed by atoms with Gasteiger partial charge in [0.1, 0.15) is 0 Å². The predicted octanol–water partition coefficient (Wildman–Crippen LogP) is 1.50. The summed E-state index contributed by atoms with van der Waals surface area (Å²) >= 11 is 0. The molecule has 4 nitrogen and oxygen atoms in total. The molecule has 1 aliphatic carbocycles. The van der Waals surface area contributed by atoms with Gasteiger partial charge in [-0.3, -0.25) is 4.79 Å². The molecule has 1 aromatic rings. The number of amides is 1. The Kier molecular flexibility index (Phi) is 2.90. The van der Waals surface area contributed by atoms with Gasteiger partial charge in [-0.25, -0.2) is 0 Å². The Balaban J connectivity index is 1.80.